The third kappa shape index (κ3) is 4.47. The monoisotopic (exact) mass is 230 g/mol. The summed E-state index contributed by atoms with van der Waals surface area (Å²) in [6, 6.07) is 0. The maximum Gasteiger partial charge on any atom is 0.248 e. The van der Waals surface area contributed by atoms with E-state index in [1.807, 2.05) is 0 Å². The van der Waals surface area contributed by atoms with E-state index in [1.165, 1.54) is 0 Å². The van der Waals surface area contributed by atoms with E-state index < -0.39 is 0 Å². The second kappa shape index (κ2) is 7.60. The molecule has 5 heteroatoms. The van der Waals surface area contributed by atoms with Gasteiger partial charge in [0.25, 0.3) is 0 Å². The Morgan fingerprint density at radius 3 is 2.50 bits per heavy atom. The quantitative estimate of drug-likeness (QED) is 0.628. The molecular formula is C11H22N2O3. The van der Waals surface area contributed by atoms with Crippen LogP contribution in [-0.4, -0.2) is 73.9 Å². The topological polar surface area (TPSA) is 53.0 Å². The first-order valence-electron chi connectivity index (χ1n) is 5.88. The minimum absolute atomic E-state index is 0.154. The molecule has 1 saturated heterocycles. The average Bonchev–Trinajstić information content (AvgIpc) is 2.34. The number of carbonyl (C=O) groups excluding carboxylic acids is 1. The number of ether oxygens (including phenoxy) is 1. The van der Waals surface area contributed by atoms with Crippen LogP contribution in [0.5, 0.6) is 0 Å². The van der Waals surface area contributed by atoms with Crippen LogP contribution in [0, 0.1) is 0 Å². The molecule has 1 N–H and O–H groups in total. The predicted molar refractivity (Wildman–Crippen MR) is 61.2 cm³/mol. The molecule has 0 bridgehead atoms. The zero-order valence-corrected chi connectivity index (χ0v) is 10.0. The number of methoxy groups -OCH3 is 1. The SMILES string of the molecule is COCCCCN1CCN(C(=O)CO)CC1. The van der Waals surface area contributed by atoms with Gasteiger partial charge in [0.05, 0.1) is 0 Å². The number of hydrogen-bond donors (Lipinski definition) is 1. The van der Waals surface area contributed by atoms with Gasteiger partial charge in [-0.2, -0.15) is 0 Å². The van der Waals surface area contributed by atoms with Crippen molar-refractivity contribution in [1.82, 2.24) is 9.80 Å². The van der Waals surface area contributed by atoms with Gasteiger partial charge in [0.2, 0.25) is 5.91 Å². The number of rotatable bonds is 6. The Balaban J connectivity index is 2.10. The van der Waals surface area contributed by atoms with Crippen LogP contribution in [0.25, 0.3) is 0 Å². The van der Waals surface area contributed by atoms with Crippen LogP contribution in [0.2, 0.25) is 0 Å². The highest BCUT2D eigenvalue weighted by Crippen LogP contribution is 2.03. The molecule has 0 unspecified atom stereocenters. The van der Waals surface area contributed by atoms with Crippen LogP contribution in [0.3, 0.4) is 0 Å². The van der Waals surface area contributed by atoms with Crippen molar-refractivity contribution in [2.45, 2.75) is 12.8 Å². The lowest BCUT2D eigenvalue weighted by Crippen LogP contribution is -2.49. The summed E-state index contributed by atoms with van der Waals surface area (Å²) in [5.41, 5.74) is 0. The van der Waals surface area contributed by atoms with Crippen LogP contribution < -0.4 is 0 Å². The molecule has 1 aliphatic heterocycles. The largest absolute Gasteiger partial charge is 0.387 e. The molecule has 0 aliphatic carbocycles. The molecule has 16 heavy (non-hydrogen) atoms. The Bertz CT molecular complexity index is 203. The summed E-state index contributed by atoms with van der Waals surface area (Å²) in [4.78, 5) is 15.3. The van der Waals surface area contributed by atoms with E-state index in [2.05, 4.69) is 4.90 Å². The van der Waals surface area contributed by atoms with E-state index in [4.69, 9.17) is 9.84 Å². The van der Waals surface area contributed by atoms with Crippen LogP contribution in [0.15, 0.2) is 0 Å². The fourth-order valence-electron chi connectivity index (χ4n) is 1.90. The lowest BCUT2D eigenvalue weighted by atomic mass is 10.2. The molecule has 0 saturated carbocycles. The molecule has 0 aromatic carbocycles. The van der Waals surface area contributed by atoms with Crippen molar-refractivity contribution in [2.24, 2.45) is 0 Å². The molecule has 1 rings (SSSR count). The Labute approximate surface area is 97.0 Å². The van der Waals surface area contributed by atoms with Gasteiger partial charge in [0, 0.05) is 39.9 Å². The molecule has 0 aromatic heterocycles. The van der Waals surface area contributed by atoms with E-state index in [9.17, 15) is 4.79 Å². The zero-order valence-electron chi connectivity index (χ0n) is 10.0. The zero-order chi connectivity index (χ0) is 11.8. The molecule has 94 valence electrons. The number of aliphatic hydroxyl groups excluding tert-OH is 1. The second-order valence-corrected chi connectivity index (χ2v) is 4.08. The van der Waals surface area contributed by atoms with E-state index in [0.29, 0.717) is 0 Å². The van der Waals surface area contributed by atoms with Gasteiger partial charge >= 0.3 is 0 Å². The molecule has 1 amide bonds. The van der Waals surface area contributed by atoms with Gasteiger partial charge in [-0.1, -0.05) is 0 Å². The van der Waals surface area contributed by atoms with E-state index in [-0.39, 0.29) is 12.5 Å². The summed E-state index contributed by atoms with van der Waals surface area (Å²) >= 11 is 0. The summed E-state index contributed by atoms with van der Waals surface area (Å²) in [5.74, 6) is -0.154. The van der Waals surface area contributed by atoms with Crippen LogP contribution in [0.4, 0.5) is 0 Å². The van der Waals surface area contributed by atoms with Crippen molar-refractivity contribution < 1.29 is 14.6 Å². The van der Waals surface area contributed by atoms with E-state index >= 15 is 0 Å². The maximum absolute atomic E-state index is 11.2. The first-order valence-corrected chi connectivity index (χ1v) is 5.88. The van der Waals surface area contributed by atoms with Gasteiger partial charge in [-0.05, 0) is 19.4 Å². The Hall–Kier alpha value is -0.650. The van der Waals surface area contributed by atoms with E-state index in [0.717, 1.165) is 52.2 Å². The van der Waals surface area contributed by atoms with Gasteiger partial charge in [-0.15, -0.1) is 0 Å². The molecule has 0 spiro atoms. The fraction of sp³-hybridized carbons (Fsp3) is 0.909. The first-order chi connectivity index (χ1) is 7.77. The summed E-state index contributed by atoms with van der Waals surface area (Å²) in [7, 11) is 1.72. The summed E-state index contributed by atoms with van der Waals surface area (Å²) in [6.07, 6.45) is 2.23. The number of aliphatic hydroxyl groups is 1. The Kier molecular flexibility index (Phi) is 6.37. The van der Waals surface area contributed by atoms with Gasteiger partial charge in [-0.25, -0.2) is 0 Å². The highest BCUT2D eigenvalue weighted by molar-refractivity contribution is 5.77. The number of unbranched alkanes of at least 4 members (excludes halogenated alkanes) is 1. The van der Waals surface area contributed by atoms with Crippen molar-refractivity contribution in [3.63, 3.8) is 0 Å². The first kappa shape index (κ1) is 13.4. The predicted octanol–water partition coefficient (Wildman–Crippen LogP) is -0.450. The molecule has 5 nitrogen and oxygen atoms in total. The van der Waals surface area contributed by atoms with Gasteiger partial charge in [0.15, 0.2) is 0 Å². The molecule has 0 atom stereocenters. The highest BCUT2D eigenvalue weighted by atomic mass is 16.5. The number of nitrogens with zero attached hydrogens (tertiary/aromatic N) is 2. The third-order valence-electron chi connectivity index (χ3n) is 2.93. The molecule has 0 radical (unpaired) electrons. The van der Waals surface area contributed by atoms with Crippen LogP contribution in [-0.2, 0) is 9.53 Å². The minimum Gasteiger partial charge on any atom is -0.387 e. The molecule has 1 heterocycles. The summed E-state index contributed by atoms with van der Waals surface area (Å²) in [6.45, 7) is 4.84. The van der Waals surface area contributed by atoms with Gasteiger partial charge in [0.1, 0.15) is 6.61 Å². The minimum atomic E-state index is -0.367. The number of amides is 1. The van der Waals surface area contributed by atoms with Crippen molar-refractivity contribution in [3.8, 4) is 0 Å². The van der Waals surface area contributed by atoms with Crippen molar-refractivity contribution in [2.75, 3.05) is 53.0 Å². The maximum atomic E-state index is 11.2. The number of piperazine rings is 1. The Morgan fingerprint density at radius 2 is 1.94 bits per heavy atom. The fourth-order valence-corrected chi connectivity index (χ4v) is 1.90. The summed E-state index contributed by atoms with van der Waals surface area (Å²) < 4.78 is 5.00. The molecule has 1 aliphatic rings. The normalized spacial score (nSPS) is 17.8. The number of hydrogen-bond acceptors (Lipinski definition) is 4. The standard InChI is InChI=1S/C11H22N2O3/c1-16-9-3-2-4-12-5-7-13(8-6-12)11(15)10-14/h14H,2-10H2,1H3. The lowest BCUT2D eigenvalue weighted by molar-refractivity contribution is -0.135. The highest BCUT2D eigenvalue weighted by Gasteiger charge is 2.19. The molecule has 0 aromatic rings. The molecular weight excluding hydrogens is 208 g/mol. The van der Waals surface area contributed by atoms with Crippen LogP contribution >= 0.6 is 0 Å². The Morgan fingerprint density at radius 1 is 1.25 bits per heavy atom. The lowest BCUT2D eigenvalue weighted by Gasteiger charge is -2.34. The summed E-state index contributed by atoms with van der Waals surface area (Å²) in [5, 5.41) is 8.73. The van der Waals surface area contributed by atoms with Crippen LogP contribution in [0.1, 0.15) is 12.8 Å². The third-order valence-corrected chi connectivity index (χ3v) is 2.93. The van der Waals surface area contributed by atoms with Crippen molar-refractivity contribution in [3.05, 3.63) is 0 Å². The van der Waals surface area contributed by atoms with Gasteiger partial charge in [-0.3, -0.25) is 9.69 Å². The van der Waals surface area contributed by atoms with E-state index in [1.54, 1.807) is 12.0 Å². The van der Waals surface area contributed by atoms with Gasteiger partial charge < -0.3 is 14.7 Å². The smallest absolute Gasteiger partial charge is 0.248 e. The van der Waals surface area contributed by atoms with Crippen molar-refractivity contribution in [1.29, 1.82) is 0 Å². The second-order valence-electron chi connectivity index (χ2n) is 4.08. The molecule has 1 fully saturated rings. The average molecular weight is 230 g/mol. The van der Waals surface area contributed by atoms with Crippen molar-refractivity contribution >= 4 is 5.91 Å². The number of carbonyl (C=O) groups is 1.